The molecule has 8 aromatic heterocycles. The first-order chi connectivity index (χ1) is 65.1. The normalized spacial score (nSPS) is 18.8. The van der Waals surface area contributed by atoms with E-state index in [1.54, 1.807) is 127 Å². The van der Waals surface area contributed by atoms with Gasteiger partial charge in [-0.3, -0.25) is 64.0 Å². The van der Waals surface area contributed by atoms with Crippen LogP contribution in [0.2, 0.25) is 0 Å². The summed E-state index contributed by atoms with van der Waals surface area (Å²) in [6.45, 7) is 4.87. The molecule has 676 valence electrons. The van der Waals surface area contributed by atoms with Gasteiger partial charge in [-0.2, -0.15) is 0 Å². The number of hydrogen-bond acceptors (Lipinski definition) is 31. The highest BCUT2D eigenvalue weighted by Gasteiger charge is 2.53. The first-order valence-corrected chi connectivity index (χ1v) is 40.9. The number of urea groups is 4. The standard InChI is InChI=1S/C24H21N7O5.C23H18N6O5.C22H17N7O5.C22H17N5O4/c1-3-25-23-30-29-19(36-23)18-7-4-14(11-26-18)8-9-24(21(33)27-22(34)28-24)13-31-12-15-5-6-16(35-2)10-17(15)20(31)32;1-13-27-28-19(34-13)18-6-3-14(10-24-18)7-8-23(21(31)25-22(32)26-23)12-29-11-15-4-5-16(33-2)9-17(15)20(29)30;1-33-14-4-3-13-10-29(18(30)15(13)8-14)11-22(19(31)25-21(32)26-22)7-6-12-2-5-16(24-9-12)17-27-28-20(23)34-17;1-31-16-6-5-14-12-26(19(28)17(14)10-16)13-22(20(29)24-21(30)25-22)8-7-15-11-23-18-4-2-3-9-27(15)18/h4-7,10-11H,3,12-13H2,1-2H3,(H,25,30)(H2,27,28,33,34);3-6,9-10H,11-12H2,1-2H3,(H2,25,26,31,32);2-5,8-9H,10-11H2,1H3,(H2,23,28)(H2,25,26,31,32);2-6,9-11H,12-13H2,1H3,(H2,24,25,29,30)/t24-;23-;2*22-/m1111/s1. The molecular formula is C91H73N25O19. The number of carbonyl (C=O) groups excluding carboxylic acids is 12. The van der Waals surface area contributed by atoms with Gasteiger partial charge in [0, 0.05) is 103 Å². The highest BCUT2D eigenvalue weighted by molar-refractivity contribution is 6.13. The third-order valence-electron chi connectivity index (χ3n) is 22.0. The van der Waals surface area contributed by atoms with Gasteiger partial charge in [0.15, 0.2) is 0 Å². The third-order valence-corrected chi connectivity index (χ3v) is 22.0. The Hall–Kier alpha value is -18.9. The minimum atomic E-state index is -1.63. The number of imidazole rings is 1. The largest absolute Gasteiger partial charge is 0.497 e. The average Bonchev–Trinajstić information content (AvgIpc) is 1.63. The van der Waals surface area contributed by atoms with Crippen LogP contribution in [-0.4, -0.2) is 229 Å². The van der Waals surface area contributed by atoms with Gasteiger partial charge in [0.05, 0.1) is 60.8 Å². The van der Waals surface area contributed by atoms with E-state index in [1.807, 2.05) is 31.2 Å². The molecule has 8 aliphatic heterocycles. The number of benzene rings is 4. The number of rotatable bonds is 17. The van der Waals surface area contributed by atoms with E-state index in [1.165, 1.54) is 66.6 Å². The molecule has 44 nitrogen and oxygen atoms in total. The van der Waals surface area contributed by atoms with E-state index < -0.39 is 69.9 Å². The zero-order valence-corrected chi connectivity index (χ0v) is 71.9. The molecule has 8 aliphatic rings. The Labute approximate surface area is 763 Å². The van der Waals surface area contributed by atoms with Gasteiger partial charge in [0.25, 0.3) is 64.9 Å². The minimum absolute atomic E-state index is 0.0809. The van der Waals surface area contributed by atoms with E-state index in [0.717, 1.165) is 22.3 Å². The molecule has 20 rings (SSSR count). The van der Waals surface area contributed by atoms with Crippen molar-refractivity contribution in [1.29, 1.82) is 0 Å². The van der Waals surface area contributed by atoms with Crippen LogP contribution in [-0.2, 0) is 45.4 Å². The Morgan fingerprint density at radius 3 is 1.06 bits per heavy atom. The van der Waals surface area contributed by atoms with Crippen LogP contribution >= 0.6 is 0 Å². The molecular weight excluding hydrogens is 1750 g/mol. The lowest BCUT2D eigenvalue weighted by atomic mass is 9.99. The van der Waals surface area contributed by atoms with Gasteiger partial charge in [0.1, 0.15) is 51.4 Å². The van der Waals surface area contributed by atoms with Crippen LogP contribution in [0.25, 0.3) is 40.4 Å². The molecule has 16 amide bonds. The molecule has 0 saturated carbocycles. The van der Waals surface area contributed by atoms with Crippen LogP contribution in [0.4, 0.5) is 31.2 Å². The molecule has 135 heavy (non-hydrogen) atoms. The molecule has 4 saturated heterocycles. The second-order valence-electron chi connectivity index (χ2n) is 30.9. The van der Waals surface area contributed by atoms with Crippen molar-refractivity contribution in [2.24, 2.45) is 0 Å². The van der Waals surface area contributed by atoms with E-state index in [0.29, 0.717) is 115 Å². The number of aromatic nitrogens is 11. The van der Waals surface area contributed by atoms with Gasteiger partial charge in [0.2, 0.25) is 28.0 Å². The van der Waals surface area contributed by atoms with Crippen LogP contribution in [0.1, 0.15) is 98.9 Å². The molecule has 4 aromatic carbocycles. The summed E-state index contributed by atoms with van der Waals surface area (Å²) in [4.78, 5) is 174. The molecule has 0 unspecified atom stereocenters. The van der Waals surface area contributed by atoms with Crippen molar-refractivity contribution >= 4 is 89.1 Å². The van der Waals surface area contributed by atoms with E-state index in [2.05, 4.69) is 146 Å². The van der Waals surface area contributed by atoms with E-state index in [9.17, 15) is 57.5 Å². The SMILES string of the molecule is CCNc1nnc(-c2ccc(C#C[C@]3(CN4Cc5ccc(OC)cc5C4=O)NC(=O)NC3=O)cn2)o1.COc1ccc2c(c1)C(=O)N(C[C@@]1(C#Cc3ccc(-c4nnc(C)o4)nc3)NC(=O)NC1=O)C2.COc1ccc2c(c1)C(=O)N(C[C@@]1(C#Cc3ccc(-c4nnc(N)o4)nc3)NC(=O)NC1=O)C2.COc1ccc2c(c1)C(=O)N(C[C@@]1(C#Cc3cnc4ccccn34)NC(=O)NC1=O)C2. The predicted octanol–water partition coefficient (Wildman–Crippen LogP) is 3.43. The number of nitrogens with one attached hydrogen (secondary N) is 9. The Morgan fingerprint density at radius 1 is 0.400 bits per heavy atom. The number of carbonyl (C=O) groups is 12. The lowest BCUT2D eigenvalue weighted by molar-refractivity contribution is -0.123. The molecule has 4 fully saturated rings. The van der Waals surface area contributed by atoms with Gasteiger partial charge in [-0.25, -0.2) is 39.1 Å². The van der Waals surface area contributed by atoms with E-state index in [-0.39, 0.29) is 93.1 Å². The van der Waals surface area contributed by atoms with Crippen molar-refractivity contribution < 1.29 is 89.7 Å². The lowest BCUT2D eigenvalue weighted by Crippen LogP contribution is -2.54. The topological polar surface area (TPSA) is 562 Å². The van der Waals surface area contributed by atoms with Gasteiger partial charge in [-0.15, -0.1) is 20.4 Å². The molecule has 11 N–H and O–H groups in total. The maximum Gasteiger partial charge on any atom is 0.323 e. The average molecular weight is 1820 g/mol. The number of pyridine rings is 4. The van der Waals surface area contributed by atoms with Crippen molar-refractivity contribution in [3.8, 4) is 105 Å². The molecule has 44 heteroatoms. The quantitative estimate of drug-likeness (QED) is 0.0461. The number of hydrogen-bond donors (Lipinski definition) is 10. The van der Waals surface area contributed by atoms with Crippen molar-refractivity contribution in [3.05, 3.63) is 231 Å². The van der Waals surface area contributed by atoms with Gasteiger partial charge in [-0.1, -0.05) is 82.0 Å². The monoisotopic (exact) mass is 1820 g/mol. The summed E-state index contributed by atoms with van der Waals surface area (Å²) in [6.07, 6.45) is 7.83. The molecule has 4 atom stereocenters. The van der Waals surface area contributed by atoms with E-state index >= 15 is 0 Å². The summed E-state index contributed by atoms with van der Waals surface area (Å²) in [5, 5.41) is 45.0. The number of fused-ring (bicyclic) bond motifs is 5. The summed E-state index contributed by atoms with van der Waals surface area (Å²) in [5.41, 5.74) is 8.21. The van der Waals surface area contributed by atoms with Crippen molar-refractivity contribution in [2.75, 3.05) is 72.2 Å². The fraction of sp³-hybridized carbons (Fsp3) is 0.209. The smallest absolute Gasteiger partial charge is 0.323 e. The number of nitrogens with two attached hydrogens (primary N) is 1. The van der Waals surface area contributed by atoms with Crippen LogP contribution < -0.4 is 72.5 Å². The number of aryl methyl sites for hydroxylation is 1. The van der Waals surface area contributed by atoms with E-state index in [4.69, 9.17) is 37.9 Å². The van der Waals surface area contributed by atoms with Crippen molar-refractivity contribution in [3.63, 3.8) is 0 Å². The van der Waals surface area contributed by atoms with Gasteiger partial charge in [-0.05, 0) is 132 Å². The fourth-order valence-electron chi connectivity index (χ4n) is 15.2. The Morgan fingerprint density at radius 2 is 0.748 bits per heavy atom. The van der Waals surface area contributed by atoms with Crippen LogP contribution in [0.5, 0.6) is 23.0 Å². The molecule has 0 aliphatic carbocycles. The second-order valence-corrected chi connectivity index (χ2v) is 30.9. The Bertz CT molecular complexity index is 7000. The summed E-state index contributed by atoms with van der Waals surface area (Å²) in [5.74, 6) is 22.7. The highest BCUT2D eigenvalue weighted by atomic mass is 16.5. The number of nitrogen functional groups attached to an aromatic ring is 1. The minimum Gasteiger partial charge on any atom is -0.497 e. The van der Waals surface area contributed by atoms with Crippen LogP contribution in [0, 0.1) is 54.3 Å². The zero-order chi connectivity index (χ0) is 94.6. The first kappa shape index (κ1) is 88.2. The second kappa shape index (κ2) is 36.3. The summed E-state index contributed by atoms with van der Waals surface area (Å²) < 4.78 is 38.5. The van der Waals surface area contributed by atoms with Gasteiger partial charge >= 0.3 is 36.2 Å². The van der Waals surface area contributed by atoms with Gasteiger partial charge < -0.3 is 84.1 Å². The van der Waals surface area contributed by atoms with Crippen molar-refractivity contribution in [2.45, 2.75) is 62.2 Å². The number of ether oxygens (including phenoxy) is 4. The molecule has 12 aromatic rings. The Balaban J connectivity index is 0.000000125. The first-order valence-electron chi connectivity index (χ1n) is 40.9. The maximum atomic E-state index is 13.0. The molecule has 16 heterocycles. The number of nitrogens with zero attached hydrogens (tertiary/aromatic N) is 15. The molecule has 0 radical (unpaired) electrons. The fourth-order valence-corrected chi connectivity index (χ4v) is 15.2. The Kier molecular flexibility index (Phi) is 23.7. The zero-order valence-electron chi connectivity index (χ0n) is 71.9. The van der Waals surface area contributed by atoms with Crippen LogP contribution in [0.3, 0.4) is 0 Å². The predicted molar refractivity (Wildman–Crippen MR) is 467 cm³/mol. The van der Waals surface area contributed by atoms with Crippen molar-refractivity contribution in [1.82, 2.24) is 117 Å². The third kappa shape index (κ3) is 18.1. The van der Waals surface area contributed by atoms with Crippen LogP contribution in [0.15, 0.2) is 172 Å². The maximum absolute atomic E-state index is 13.0. The molecule has 0 bridgehead atoms. The molecule has 0 spiro atoms. The highest BCUT2D eigenvalue weighted by Crippen LogP contribution is 2.35. The number of imide groups is 4. The summed E-state index contributed by atoms with van der Waals surface area (Å²) in [7, 11) is 6.08. The number of amides is 16. The number of methoxy groups -OCH3 is 4. The summed E-state index contributed by atoms with van der Waals surface area (Å²) in [6, 6.07) is 33.9. The lowest BCUT2D eigenvalue weighted by Gasteiger charge is -2.26. The summed E-state index contributed by atoms with van der Waals surface area (Å²) >= 11 is 0. The number of anilines is 2.